The van der Waals surface area contributed by atoms with Gasteiger partial charge in [0.1, 0.15) is 0 Å². The van der Waals surface area contributed by atoms with Gasteiger partial charge in [-0.25, -0.2) is 0 Å². The molecule has 2 aromatic carbocycles. The van der Waals surface area contributed by atoms with Gasteiger partial charge in [-0.05, 0) is 81.7 Å². The van der Waals surface area contributed by atoms with Crippen LogP contribution < -0.4 is 0 Å². The lowest BCUT2D eigenvalue weighted by Gasteiger charge is -2.35. The van der Waals surface area contributed by atoms with Crippen LogP contribution in [-0.4, -0.2) is 23.5 Å². The van der Waals surface area contributed by atoms with Crippen molar-refractivity contribution in [3.8, 4) is 11.1 Å². The molecule has 1 saturated heterocycles. The Kier molecular flexibility index (Phi) is 4.22. The summed E-state index contributed by atoms with van der Waals surface area (Å²) in [5.41, 5.74) is 8.61. The number of rotatable bonds is 2. The van der Waals surface area contributed by atoms with Gasteiger partial charge < -0.3 is 0 Å². The summed E-state index contributed by atoms with van der Waals surface area (Å²) in [5, 5.41) is 0. The van der Waals surface area contributed by atoms with Crippen LogP contribution in [0.4, 0.5) is 0 Å². The number of likely N-dealkylation sites (tertiary alicyclic amines) is 1. The fourth-order valence-electron chi connectivity index (χ4n) is 4.84. The molecule has 1 fully saturated rings. The predicted octanol–water partition coefficient (Wildman–Crippen LogP) is 5.31. The molecule has 0 aromatic heterocycles. The molecular formula is C23H29N. The quantitative estimate of drug-likeness (QED) is 0.725. The van der Waals surface area contributed by atoms with E-state index in [-0.39, 0.29) is 0 Å². The standard InChI is InChI=1S/C23H29N/c1-16-11-17(2)13-22(12-16)20-6-7-21-15-23(9-8-19(21)14-20)24-10-4-5-18(24)3/h6-7,11-14,18,23H,4-5,8-10,15H2,1-3H3. The molecule has 0 saturated carbocycles. The van der Waals surface area contributed by atoms with Gasteiger partial charge in [0.15, 0.2) is 0 Å². The molecule has 1 nitrogen and oxygen atoms in total. The molecule has 2 unspecified atom stereocenters. The molecule has 0 N–H and O–H groups in total. The highest BCUT2D eigenvalue weighted by Crippen LogP contribution is 2.32. The lowest BCUT2D eigenvalue weighted by atomic mass is 9.85. The summed E-state index contributed by atoms with van der Waals surface area (Å²) in [7, 11) is 0. The van der Waals surface area contributed by atoms with Crippen LogP contribution in [0.15, 0.2) is 36.4 Å². The second kappa shape index (κ2) is 6.37. The normalized spacial score (nSPS) is 24.1. The molecular weight excluding hydrogens is 290 g/mol. The summed E-state index contributed by atoms with van der Waals surface area (Å²) < 4.78 is 0. The second-order valence-corrected chi connectivity index (χ2v) is 7.99. The van der Waals surface area contributed by atoms with Crippen molar-refractivity contribution in [3.63, 3.8) is 0 Å². The first-order valence-electron chi connectivity index (χ1n) is 9.56. The van der Waals surface area contributed by atoms with E-state index in [1.165, 1.54) is 60.9 Å². The fourth-order valence-corrected chi connectivity index (χ4v) is 4.84. The van der Waals surface area contributed by atoms with Gasteiger partial charge in [0, 0.05) is 12.1 Å². The van der Waals surface area contributed by atoms with E-state index in [2.05, 4.69) is 62.1 Å². The molecule has 1 aliphatic carbocycles. The number of fused-ring (bicyclic) bond motifs is 1. The molecule has 24 heavy (non-hydrogen) atoms. The Balaban J connectivity index is 1.59. The van der Waals surface area contributed by atoms with Gasteiger partial charge in [0.2, 0.25) is 0 Å². The highest BCUT2D eigenvalue weighted by molar-refractivity contribution is 5.66. The highest BCUT2D eigenvalue weighted by atomic mass is 15.2. The van der Waals surface area contributed by atoms with Gasteiger partial charge in [-0.1, -0.05) is 47.5 Å². The van der Waals surface area contributed by atoms with E-state index in [1.807, 2.05) is 0 Å². The Morgan fingerprint density at radius 3 is 2.38 bits per heavy atom. The van der Waals surface area contributed by atoms with Crippen LogP contribution in [0, 0.1) is 13.8 Å². The maximum absolute atomic E-state index is 2.76. The van der Waals surface area contributed by atoms with Crippen LogP contribution in [0.3, 0.4) is 0 Å². The average Bonchev–Trinajstić information content (AvgIpc) is 2.99. The van der Waals surface area contributed by atoms with Crippen molar-refractivity contribution in [2.24, 2.45) is 0 Å². The summed E-state index contributed by atoms with van der Waals surface area (Å²) in [4.78, 5) is 2.76. The third kappa shape index (κ3) is 3.02. The predicted molar refractivity (Wildman–Crippen MR) is 103 cm³/mol. The van der Waals surface area contributed by atoms with E-state index < -0.39 is 0 Å². The third-order valence-corrected chi connectivity index (χ3v) is 6.04. The number of hydrogen-bond acceptors (Lipinski definition) is 1. The molecule has 4 rings (SSSR count). The monoisotopic (exact) mass is 319 g/mol. The first-order valence-corrected chi connectivity index (χ1v) is 9.56. The number of hydrogen-bond donors (Lipinski definition) is 0. The molecule has 1 heterocycles. The first kappa shape index (κ1) is 15.9. The summed E-state index contributed by atoms with van der Waals surface area (Å²) in [6.07, 6.45) is 6.58. The van der Waals surface area contributed by atoms with E-state index in [0.717, 1.165) is 12.1 Å². The minimum absolute atomic E-state index is 0.766. The molecule has 0 bridgehead atoms. The minimum Gasteiger partial charge on any atom is -0.297 e. The third-order valence-electron chi connectivity index (χ3n) is 6.04. The van der Waals surface area contributed by atoms with E-state index in [4.69, 9.17) is 0 Å². The van der Waals surface area contributed by atoms with Crippen LogP contribution in [0.1, 0.15) is 48.4 Å². The summed E-state index contributed by atoms with van der Waals surface area (Å²) in [5.74, 6) is 0. The van der Waals surface area contributed by atoms with Crippen molar-refractivity contribution in [2.75, 3.05) is 6.54 Å². The van der Waals surface area contributed by atoms with Crippen molar-refractivity contribution in [1.29, 1.82) is 0 Å². The van der Waals surface area contributed by atoms with Crippen molar-refractivity contribution in [2.45, 2.75) is 65.0 Å². The van der Waals surface area contributed by atoms with Crippen LogP contribution in [0.25, 0.3) is 11.1 Å². The molecule has 0 amide bonds. The van der Waals surface area contributed by atoms with Crippen molar-refractivity contribution < 1.29 is 0 Å². The minimum atomic E-state index is 0.766. The molecule has 2 atom stereocenters. The summed E-state index contributed by atoms with van der Waals surface area (Å²) >= 11 is 0. The van der Waals surface area contributed by atoms with Gasteiger partial charge in [-0.2, -0.15) is 0 Å². The van der Waals surface area contributed by atoms with Gasteiger partial charge in [0.05, 0.1) is 0 Å². The lowest BCUT2D eigenvalue weighted by Crippen LogP contribution is -2.41. The number of benzene rings is 2. The van der Waals surface area contributed by atoms with E-state index in [0.29, 0.717) is 0 Å². The van der Waals surface area contributed by atoms with Crippen LogP contribution in [-0.2, 0) is 12.8 Å². The van der Waals surface area contributed by atoms with Crippen molar-refractivity contribution >= 4 is 0 Å². The van der Waals surface area contributed by atoms with Crippen molar-refractivity contribution in [1.82, 2.24) is 4.90 Å². The second-order valence-electron chi connectivity index (χ2n) is 7.99. The van der Waals surface area contributed by atoms with Gasteiger partial charge in [-0.15, -0.1) is 0 Å². The van der Waals surface area contributed by atoms with Gasteiger partial charge in [-0.3, -0.25) is 4.90 Å². The zero-order chi connectivity index (χ0) is 16.7. The SMILES string of the molecule is Cc1cc(C)cc(-c2ccc3c(c2)CCC(N2CCCC2C)C3)c1. The van der Waals surface area contributed by atoms with Gasteiger partial charge >= 0.3 is 0 Å². The maximum Gasteiger partial charge on any atom is 0.0142 e. The molecule has 0 radical (unpaired) electrons. The van der Waals surface area contributed by atoms with Crippen LogP contribution in [0.5, 0.6) is 0 Å². The summed E-state index contributed by atoms with van der Waals surface area (Å²) in [6, 6.07) is 15.6. The average molecular weight is 319 g/mol. The number of aryl methyl sites for hydroxylation is 3. The summed E-state index contributed by atoms with van der Waals surface area (Å²) in [6.45, 7) is 8.10. The largest absolute Gasteiger partial charge is 0.297 e. The Bertz CT molecular complexity index is 725. The molecule has 1 aliphatic heterocycles. The highest BCUT2D eigenvalue weighted by Gasteiger charge is 2.30. The first-order chi connectivity index (χ1) is 11.6. The number of nitrogens with zero attached hydrogens (tertiary/aromatic N) is 1. The van der Waals surface area contributed by atoms with Crippen molar-refractivity contribution in [3.05, 3.63) is 58.7 Å². The molecule has 1 heteroatoms. The van der Waals surface area contributed by atoms with Crippen LogP contribution in [0.2, 0.25) is 0 Å². The van der Waals surface area contributed by atoms with E-state index >= 15 is 0 Å². The molecule has 2 aliphatic rings. The Hall–Kier alpha value is -1.60. The van der Waals surface area contributed by atoms with E-state index in [9.17, 15) is 0 Å². The molecule has 0 spiro atoms. The zero-order valence-corrected chi connectivity index (χ0v) is 15.3. The molecule has 126 valence electrons. The molecule has 2 aromatic rings. The van der Waals surface area contributed by atoms with Gasteiger partial charge in [0.25, 0.3) is 0 Å². The Labute approximate surface area is 146 Å². The topological polar surface area (TPSA) is 3.24 Å². The Morgan fingerprint density at radius 1 is 0.875 bits per heavy atom. The zero-order valence-electron chi connectivity index (χ0n) is 15.3. The fraction of sp³-hybridized carbons (Fsp3) is 0.478. The Morgan fingerprint density at radius 2 is 1.67 bits per heavy atom. The van der Waals surface area contributed by atoms with E-state index in [1.54, 1.807) is 11.1 Å². The maximum atomic E-state index is 2.76. The smallest absolute Gasteiger partial charge is 0.0142 e. The van der Waals surface area contributed by atoms with Crippen LogP contribution >= 0.6 is 0 Å². The lowest BCUT2D eigenvalue weighted by molar-refractivity contribution is 0.174.